The van der Waals surface area contributed by atoms with Crippen molar-refractivity contribution in [2.75, 3.05) is 25.0 Å². The van der Waals surface area contributed by atoms with Gasteiger partial charge in [0.05, 0.1) is 16.0 Å². The molecule has 1 unspecified atom stereocenters. The van der Waals surface area contributed by atoms with Gasteiger partial charge in [-0.2, -0.15) is 0 Å². The van der Waals surface area contributed by atoms with Crippen LogP contribution in [0.15, 0.2) is 12.3 Å². The van der Waals surface area contributed by atoms with Crippen molar-refractivity contribution < 1.29 is 9.59 Å². The van der Waals surface area contributed by atoms with E-state index in [0.717, 1.165) is 12.8 Å². The van der Waals surface area contributed by atoms with E-state index in [-0.39, 0.29) is 17.7 Å². The van der Waals surface area contributed by atoms with E-state index in [1.165, 1.54) is 19.0 Å². The van der Waals surface area contributed by atoms with Gasteiger partial charge >= 0.3 is 0 Å². The van der Waals surface area contributed by atoms with Crippen LogP contribution in [0.5, 0.6) is 0 Å². The Morgan fingerprint density at radius 2 is 2.04 bits per heavy atom. The van der Waals surface area contributed by atoms with E-state index in [0.29, 0.717) is 48.0 Å². The topological polar surface area (TPSA) is 74.3 Å². The van der Waals surface area contributed by atoms with Crippen LogP contribution in [0.2, 0.25) is 10.0 Å². The van der Waals surface area contributed by atoms with Gasteiger partial charge in [0, 0.05) is 38.3 Å². The van der Waals surface area contributed by atoms with Crippen molar-refractivity contribution >= 4 is 40.8 Å². The van der Waals surface area contributed by atoms with Gasteiger partial charge in [0.1, 0.15) is 5.82 Å². The standard InChI is InChI=1S/C17H22Cl2N4O2/c18-12-8-14(19)16(22-9-12)20-5-6-21-17(25)11-7-15(24)23(10-11)13-3-1-2-4-13/h8-9,11,13H,1-7,10H2,(H,20,22)(H,21,25). The minimum Gasteiger partial charge on any atom is -0.367 e. The zero-order valence-electron chi connectivity index (χ0n) is 13.9. The molecule has 1 aromatic heterocycles. The molecule has 3 rings (SSSR count). The van der Waals surface area contributed by atoms with Gasteiger partial charge in [-0.15, -0.1) is 0 Å². The van der Waals surface area contributed by atoms with Gasteiger partial charge in [0.2, 0.25) is 11.8 Å². The first-order valence-electron chi connectivity index (χ1n) is 8.66. The number of nitrogens with one attached hydrogen (secondary N) is 2. The number of carbonyl (C=O) groups is 2. The van der Waals surface area contributed by atoms with E-state index in [9.17, 15) is 9.59 Å². The highest BCUT2D eigenvalue weighted by Gasteiger charge is 2.38. The zero-order valence-corrected chi connectivity index (χ0v) is 15.4. The SMILES string of the molecule is O=C(NCCNc1ncc(Cl)cc1Cl)C1CC(=O)N(C2CCCC2)C1. The van der Waals surface area contributed by atoms with Gasteiger partial charge in [-0.1, -0.05) is 36.0 Å². The van der Waals surface area contributed by atoms with E-state index in [1.807, 2.05) is 4.90 Å². The summed E-state index contributed by atoms with van der Waals surface area (Å²) >= 11 is 11.8. The molecule has 2 N–H and O–H groups in total. The van der Waals surface area contributed by atoms with E-state index < -0.39 is 0 Å². The molecule has 2 fully saturated rings. The van der Waals surface area contributed by atoms with Crippen molar-refractivity contribution in [1.82, 2.24) is 15.2 Å². The average Bonchev–Trinajstić information content (AvgIpc) is 3.22. The third kappa shape index (κ3) is 4.55. The predicted molar refractivity (Wildman–Crippen MR) is 97.8 cm³/mol. The van der Waals surface area contributed by atoms with Crippen molar-refractivity contribution in [2.45, 2.75) is 38.1 Å². The second-order valence-corrected chi connectivity index (χ2v) is 7.43. The highest BCUT2D eigenvalue weighted by molar-refractivity contribution is 6.35. The Kier molecular flexibility index (Phi) is 6.02. The fourth-order valence-corrected chi connectivity index (χ4v) is 3.98. The number of hydrogen-bond donors (Lipinski definition) is 2. The monoisotopic (exact) mass is 384 g/mol. The molecule has 25 heavy (non-hydrogen) atoms. The maximum atomic E-state index is 12.3. The fraction of sp³-hybridized carbons (Fsp3) is 0.588. The third-order valence-corrected chi connectivity index (χ3v) is 5.31. The molecule has 1 saturated heterocycles. The van der Waals surface area contributed by atoms with Crippen molar-refractivity contribution in [3.8, 4) is 0 Å². The third-order valence-electron chi connectivity index (χ3n) is 4.82. The number of aromatic nitrogens is 1. The van der Waals surface area contributed by atoms with Crippen LogP contribution in [0.25, 0.3) is 0 Å². The number of rotatable bonds is 6. The summed E-state index contributed by atoms with van der Waals surface area (Å²) in [5.74, 6) is 0.335. The summed E-state index contributed by atoms with van der Waals surface area (Å²) in [5.41, 5.74) is 0. The smallest absolute Gasteiger partial charge is 0.225 e. The zero-order chi connectivity index (χ0) is 17.8. The highest BCUT2D eigenvalue weighted by atomic mass is 35.5. The van der Waals surface area contributed by atoms with Gasteiger partial charge in [-0.25, -0.2) is 4.98 Å². The van der Waals surface area contributed by atoms with E-state index in [1.54, 1.807) is 6.07 Å². The fourth-order valence-electron chi connectivity index (χ4n) is 3.53. The van der Waals surface area contributed by atoms with E-state index >= 15 is 0 Å². The van der Waals surface area contributed by atoms with Crippen LogP contribution in [-0.2, 0) is 9.59 Å². The number of halogens is 2. The lowest BCUT2D eigenvalue weighted by Crippen LogP contribution is -2.38. The first-order valence-corrected chi connectivity index (χ1v) is 9.42. The molecule has 1 aliphatic heterocycles. The van der Waals surface area contributed by atoms with Crippen LogP contribution in [0.4, 0.5) is 5.82 Å². The summed E-state index contributed by atoms with van der Waals surface area (Å²) in [6.45, 7) is 1.48. The number of nitrogens with zero attached hydrogens (tertiary/aromatic N) is 2. The van der Waals surface area contributed by atoms with Crippen molar-refractivity contribution in [2.24, 2.45) is 5.92 Å². The second kappa shape index (κ2) is 8.23. The minimum atomic E-state index is -0.245. The Bertz CT molecular complexity index is 650. The number of hydrogen-bond acceptors (Lipinski definition) is 4. The largest absolute Gasteiger partial charge is 0.367 e. The Morgan fingerprint density at radius 3 is 2.76 bits per heavy atom. The number of amides is 2. The lowest BCUT2D eigenvalue weighted by molar-refractivity contribution is -0.130. The van der Waals surface area contributed by atoms with E-state index in [2.05, 4.69) is 15.6 Å². The molecular formula is C17H22Cl2N4O2. The lowest BCUT2D eigenvalue weighted by Gasteiger charge is -2.23. The molecule has 1 aromatic rings. The molecule has 8 heteroatoms. The molecule has 2 heterocycles. The Morgan fingerprint density at radius 1 is 1.28 bits per heavy atom. The van der Waals surface area contributed by atoms with Crippen LogP contribution < -0.4 is 10.6 Å². The summed E-state index contributed by atoms with van der Waals surface area (Å²) in [6, 6.07) is 1.95. The molecular weight excluding hydrogens is 363 g/mol. The van der Waals surface area contributed by atoms with Gasteiger partial charge in [-0.3, -0.25) is 9.59 Å². The lowest BCUT2D eigenvalue weighted by atomic mass is 10.1. The summed E-state index contributed by atoms with van der Waals surface area (Å²) in [6.07, 6.45) is 6.32. The van der Waals surface area contributed by atoms with E-state index in [4.69, 9.17) is 23.2 Å². The van der Waals surface area contributed by atoms with Crippen molar-refractivity contribution in [3.63, 3.8) is 0 Å². The van der Waals surface area contributed by atoms with Crippen LogP contribution in [0.1, 0.15) is 32.1 Å². The highest BCUT2D eigenvalue weighted by Crippen LogP contribution is 2.29. The van der Waals surface area contributed by atoms with Crippen LogP contribution in [0.3, 0.4) is 0 Å². The maximum absolute atomic E-state index is 12.3. The number of anilines is 1. The second-order valence-electron chi connectivity index (χ2n) is 6.59. The van der Waals surface area contributed by atoms with Gasteiger partial charge < -0.3 is 15.5 Å². The molecule has 0 spiro atoms. The molecule has 1 saturated carbocycles. The molecule has 0 bridgehead atoms. The molecule has 2 amide bonds. The summed E-state index contributed by atoms with van der Waals surface area (Å²) in [4.78, 5) is 30.5. The van der Waals surface area contributed by atoms with Crippen LogP contribution >= 0.6 is 23.2 Å². The number of pyridine rings is 1. The van der Waals surface area contributed by atoms with Crippen molar-refractivity contribution in [1.29, 1.82) is 0 Å². The Labute approximate surface area is 157 Å². The normalized spacial score (nSPS) is 21.0. The number of likely N-dealkylation sites (tertiary alicyclic amines) is 1. The quantitative estimate of drug-likeness (QED) is 0.739. The molecule has 0 radical (unpaired) electrons. The minimum absolute atomic E-state index is 0.0641. The average molecular weight is 385 g/mol. The summed E-state index contributed by atoms with van der Waals surface area (Å²) in [5, 5.41) is 6.85. The van der Waals surface area contributed by atoms with Gasteiger partial charge in [0.15, 0.2) is 0 Å². The van der Waals surface area contributed by atoms with Crippen molar-refractivity contribution in [3.05, 3.63) is 22.3 Å². The summed E-state index contributed by atoms with van der Waals surface area (Å²) in [7, 11) is 0. The molecule has 2 aliphatic rings. The van der Waals surface area contributed by atoms with Crippen LogP contribution in [-0.4, -0.2) is 47.4 Å². The molecule has 136 valence electrons. The predicted octanol–water partition coefficient (Wildman–Crippen LogP) is 2.71. The Balaban J connectivity index is 1.41. The summed E-state index contributed by atoms with van der Waals surface area (Å²) < 4.78 is 0. The van der Waals surface area contributed by atoms with Gasteiger partial charge in [0.25, 0.3) is 0 Å². The molecule has 0 aromatic carbocycles. The molecule has 1 atom stereocenters. The Hall–Kier alpha value is -1.53. The molecule has 1 aliphatic carbocycles. The van der Waals surface area contributed by atoms with Gasteiger partial charge in [-0.05, 0) is 18.9 Å². The maximum Gasteiger partial charge on any atom is 0.225 e. The molecule has 6 nitrogen and oxygen atoms in total. The number of carbonyl (C=O) groups excluding carboxylic acids is 2. The first-order chi connectivity index (χ1) is 12.0. The first kappa shape index (κ1) is 18.3. The van der Waals surface area contributed by atoms with Crippen LogP contribution in [0, 0.1) is 5.92 Å².